The highest BCUT2D eigenvalue weighted by Crippen LogP contribution is 2.40. The van der Waals surface area contributed by atoms with Crippen molar-refractivity contribution in [3.05, 3.63) is 17.1 Å². The van der Waals surface area contributed by atoms with Gasteiger partial charge in [0.05, 0.1) is 6.42 Å². The van der Waals surface area contributed by atoms with Crippen molar-refractivity contribution in [3.8, 4) is 0 Å². The molecule has 1 aromatic heterocycles. The summed E-state index contributed by atoms with van der Waals surface area (Å²) in [5.74, 6) is -0.160. The Morgan fingerprint density at radius 2 is 2.00 bits per heavy atom. The van der Waals surface area contributed by atoms with E-state index in [1.54, 1.807) is 0 Å². The van der Waals surface area contributed by atoms with Crippen LogP contribution in [0.25, 0.3) is 0 Å². The lowest BCUT2D eigenvalue weighted by atomic mass is 10.0. The molecule has 1 fully saturated rings. The van der Waals surface area contributed by atoms with E-state index >= 15 is 0 Å². The summed E-state index contributed by atoms with van der Waals surface area (Å²) < 4.78 is 0. The van der Waals surface area contributed by atoms with Crippen molar-refractivity contribution in [2.24, 2.45) is 5.73 Å². The number of carboxylic acids is 1. The Morgan fingerprint density at radius 3 is 2.62 bits per heavy atom. The molecular weight excluding hydrogens is 452 g/mol. The Kier molecular flexibility index (Phi) is 8.60. The number of rotatable bonds is 12. The molecule has 0 spiro atoms. The van der Waals surface area contributed by atoms with Crippen molar-refractivity contribution >= 4 is 41.3 Å². The number of amides is 2. The minimum atomic E-state index is -1.13. The molecule has 176 valence electrons. The zero-order valence-corrected chi connectivity index (χ0v) is 20.0. The fraction of sp³-hybridized carbons (Fsp3) is 0.650. The number of nitrogens with two attached hydrogens (primary N) is 1. The first-order valence-electron chi connectivity index (χ1n) is 10.8. The van der Waals surface area contributed by atoms with E-state index < -0.39 is 12.0 Å². The van der Waals surface area contributed by atoms with Crippen LogP contribution in [0.5, 0.6) is 0 Å². The number of β-lactam (4-membered cyclic amide) rings is 1. The number of aromatic amines is 1. The van der Waals surface area contributed by atoms with Gasteiger partial charge in [-0.3, -0.25) is 19.6 Å². The van der Waals surface area contributed by atoms with Crippen LogP contribution in [0.15, 0.2) is 16.4 Å². The molecule has 0 radical (unpaired) electrons. The van der Waals surface area contributed by atoms with Gasteiger partial charge in [0, 0.05) is 24.6 Å². The minimum absolute atomic E-state index is 0.0152. The van der Waals surface area contributed by atoms with Gasteiger partial charge in [0.15, 0.2) is 0 Å². The summed E-state index contributed by atoms with van der Waals surface area (Å²) in [6, 6.07) is -0.647. The molecule has 12 heteroatoms. The van der Waals surface area contributed by atoms with E-state index in [1.807, 2.05) is 4.90 Å². The van der Waals surface area contributed by atoms with Crippen LogP contribution < -0.4 is 5.73 Å². The second-order valence-corrected chi connectivity index (χ2v) is 9.86. The van der Waals surface area contributed by atoms with Crippen molar-refractivity contribution in [2.75, 3.05) is 24.6 Å². The maximum atomic E-state index is 12.7. The topological polar surface area (TPSA) is 146 Å². The highest BCUT2D eigenvalue weighted by atomic mass is 32.2. The van der Waals surface area contributed by atoms with E-state index in [0.717, 1.165) is 38.8 Å². The molecule has 1 aromatic rings. The Balaban J connectivity index is 1.60. The number of carbonyl (C=O) groups is 3. The normalized spacial score (nSPS) is 20.2. The van der Waals surface area contributed by atoms with Crippen LogP contribution in [0.2, 0.25) is 0 Å². The van der Waals surface area contributed by atoms with E-state index in [4.69, 9.17) is 5.73 Å². The predicted molar refractivity (Wildman–Crippen MR) is 123 cm³/mol. The van der Waals surface area contributed by atoms with Gasteiger partial charge in [-0.15, -0.1) is 16.9 Å². The van der Waals surface area contributed by atoms with E-state index in [2.05, 4.69) is 29.0 Å². The van der Waals surface area contributed by atoms with Crippen LogP contribution in [0.4, 0.5) is 0 Å². The summed E-state index contributed by atoms with van der Waals surface area (Å²) >= 11 is 2.75. The fourth-order valence-electron chi connectivity index (χ4n) is 3.58. The lowest BCUT2D eigenvalue weighted by Gasteiger charge is -2.48. The van der Waals surface area contributed by atoms with Crippen LogP contribution in [0.1, 0.15) is 45.4 Å². The number of fused-ring (bicyclic) bond motifs is 1. The third-order valence-corrected chi connectivity index (χ3v) is 7.71. The summed E-state index contributed by atoms with van der Waals surface area (Å²) in [5.41, 5.74) is 6.43. The Hall–Kier alpha value is -2.05. The highest BCUT2D eigenvalue weighted by Gasteiger charge is 2.51. The van der Waals surface area contributed by atoms with Crippen LogP contribution >= 0.6 is 23.5 Å². The van der Waals surface area contributed by atoms with E-state index in [1.165, 1.54) is 28.4 Å². The third-order valence-electron chi connectivity index (χ3n) is 5.41. The first kappa shape index (κ1) is 24.6. The molecule has 2 amide bonds. The number of carbonyl (C=O) groups excluding carboxylic acids is 2. The number of carboxylic acid groups (broad SMARTS) is 1. The quantitative estimate of drug-likeness (QED) is 0.297. The molecule has 0 aromatic carbocycles. The molecule has 1 saturated heterocycles. The monoisotopic (exact) mass is 482 g/mol. The van der Waals surface area contributed by atoms with Crippen molar-refractivity contribution < 1.29 is 19.5 Å². The van der Waals surface area contributed by atoms with Crippen LogP contribution in [0.3, 0.4) is 0 Å². The number of nitrogens with one attached hydrogen (secondary N) is 1. The van der Waals surface area contributed by atoms with Gasteiger partial charge < -0.3 is 15.7 Å². The van der Waals surface area contributed by atoms with Crippen molar-refractivity contribution in [2.45, 2.75) is 62.5 Å². The van der Waals surface area contributed by atoms with Gasteiger partial charge in [-0.05, 0) is 18.4 Å². The zero-order valence-electron chi connectivity index (χ0n) is 18.4. The zero-order chi connectivity index (χ0) is 23.3. The van der Waals surface area contributed by atoms with Gasteiger partial charge in [-0.2, -0.15) is 0 Å². The highest BCUT2D eigenvalue weighted by molar-refractivity contribution is 8.01. The first-order chi connectivity index (χ1) is 15.4. The molecule has 3 heterocycles. The Morgan fingerprint density at radius 1 is 1.31 bits per heavy atom. The number of aliphatic carboxylic acids is 1. The number of hydrogen-bond acceptors (Lipinski definition) is 8. The third kappa shape index (κ3) is 5.46. The molecule has 2 atom stereocenters. The predicted octanol–water partition coefficient (Wildman–Crippen LogP) is 1.45. The molecule has 0 aliphatic carbocycles. The van der Waals surface area contributed by atoms with Crippen LogP contribution in [-0.4, -0.2) is 83.9 Å². The molecule has 0 saturated carbocycles. The average Bonchev–Trinajstić information content (AvgIpc) is 3.23. The number of H-pyrrole nitrogens is 1. The van der Waals surface area contributed by atoms with E-state index in [0.29, 0.717) is 28.1 Å². The van der Waals surface area contributed by atoms with E-state index in [9.17, 15) is 19.5 Å². The summed E-state index contributed by atoms with van der Waals surface area (Å²) in [5, 5.41) is 16.7. The number of aromatic nitrogens is 3. The fourth-order valence-corrected chi connectivity index (χ4v) is 5.83. The largest absolute Gasteiger partial charge is 0.477 e. The summed E-state index contributed by atoms with van der Waals surface area (Å²) in [7, 11) is 0. The maximum Gasteiger partial charge on any atom is 0.352 e. The van der Waals surface area contributed by atoms with E-state index in [-0.39, 0.29) is 29.3 Å². The van der Waals surface area contributed by atoms with Gasteiger partial charge in [-0.1, -0.05) is 38.5 Å². The van der Waals surface area contributed by atoms with Crippen molar-refractivity contribution in [1.29, 1.82) is 0 Å². The van der Waals surface area contributed by atoms with Crippen LogP contribution in [-0.2, 0) is 20.8 Å². The number of unbranched alkanes of at least 4 members (excludes halogenated alkanes) is 2. The number of nitrogens with zero attached hydrogens (tertiary/aromatic N) is 4. The second kappa shape index (κ2) is 11.2. The molecule has 2 aliphatic rings. The minimum Gasteiger partial charge on any atom is -0.477 e. The number of thioether (sulfide) groups is 2. The van der Waals surface area contributed by atoms with Gasteiger partial charge in [0.2, 0.25) is 17.0 Å². The molecule has 0 bridgehead atoms. The molecule has 4 N–H and O–H groups in total. The Bertz CT molecular complexity index is 881. The molecule has 2 aliphatic heterocycles. The second-order valence-electron chi connectivity index (χ2n) is 7.81. The summed E-state index contributed by atoms with van der Waals surface area (Å²) in [4.78, 5) is 44.1. The van der Waals surface area contributed by atoms with Gasteiger partial charge in [-0.25, -0.2) is 9.78 Å². The lowest BCUT2D eigenvalue weighted by Crippen LogP contribution is -2.68. The van der Waals surface area contributed by atoms with Gasteiger partial charge >= 0.3 is 5.97 Å². The molecule has 32 heavy (non-hydrogen) atoms. The van der Waals surface area contributed by atoms with Crippen molar-refractivity contribution in [3.63, 3.8) is 0 Å². The average molecular weight is 483 g/mol. The maximum absolute atomic E-state index is 12.7. The molecule has 10 nitrogen and oxygen atoms in total. The molecule has 1 unspecified atom stereocenters. The lowest BCUT2D eigenvalue weighted by molar-refractivity contribution is -0.147. The number of hydrogen-bond donors (Lipinski definition) is 3. The van der Waals surface area contributed by atoms with Crippen LogP contribution in [0, 0.1) is 0 Å². The standard InChI is InChI=1S/C20H30N6O4S2/c1-3-5-7-25(8-6-4-2)14(27)9-13-22-20(24-23-13)32-11-12-10-31-18-15(21)17(28)26(18)16(12)19(29)30/h15,18H,3-11,21H2,1-2H3,(H,29,30)(H,22,23,24)/t15?,18-/m0/s1. The van der Waals surface area contributed by atoms with Gasteiger partial charge in [0.1, 0.15) is 22.9 Å². The summed E-state index contributed by atoms with van der Waals surface area (Å²) in [6.07, 6.45) is 4.15. The molecular formula is C20H30N6O4S2. The smallest absolute Gasteiger partial charge is 0.352 e. The first-order valence-corrected chi connectivity index (χ1v) is 12.9. The molecule has 3 rings (SSSR count). The Labute approximate surface area is 195 Å². The SMILES string of the molecule is CCCCN(CCCC)C(=O)Cc1nc(SCC2=C(C(=O)O)N3C(=O)C(N)[C@@H]3SC2)n[nH]1. The van der Waals surface area contributed by atoms with Crippen molar-refractivity contribution in [1.82, 2.24) is 25.0 Å². The van der Waals surface area contributed by atoms with Gasteiger partial charge in [0.25, 0.3) is 0 Å². The summed E-state index contributed by atoms with van der Waals surface area (Å²) in [6.45, 7) is 5.69.